The van der Waals surface area contributed by atoms with Gasteiger partial charge in [0.1, 0.15) is 0 Å². The number of amides is 2. The first kappa shape index (κ1) is 43.0. The van der Waals surface area contributed by atoms with Crippen LogP contribution < -0.4 is 22.9 Å². The summed E-state index contributed by atoms with van der Waals surface area (Å²) in [6.07, 6.45) is -9.19. The molecule has 0 fully saturated rings. The third kappa shape index (κ3) is 10.4. The van der Waals surface area contributed by atoms with Crippen molar-refractivity contribution in [2.75, 3.05) is 0 Å². The van der Waals surface area contributed by atoms with Crippen LogP contribution >= 0.6 is 11.8 Å². The molecule has 18 heteroatoms. The minimum Gasteiger partial charge on any atom is -0.370 e. The molecule has 288 valence electrons. The van der Waals surface area contributed by atoms with Crippen LogP contribution in [0.15, 0.2) is 102 Å². The number of alkyl halides is 6. The second-order valence-corrected chi connectivity index (χ2v) is 14.5. The van der Waals surface area contributed by atoms with Crippen molar-refractivity contribution in [1.82, 2.24) is 0 Å². The second kappa shape index (κ2) is 17.2. The highest BCUT2D eigenvalue weighted by Crippen LogP contribution is 2.42. The molecule has 4 rings (SSSR count). The van der Waals surface area contributed by atoms with Gasteiger partial charge < -0.3 is 22.9 Å². The molecule has 4 aromatic rings. The van der Waals surface area contributed by atoms with Gasteiger partial charge in [0.25, 0.3) is 11.8 Å². The zero-order chi connectivity index (χ0) is 40.8. The van der Waals surface area contributed by atoms with E-state index in [1.165, 1.54) is 31.2 Å². The van der Waals surface area contributed by atoms with Crippen LogP contribution in [0.4, 0.5) is 26.3 Å². The Morgan fingerprint density at radius 3 is 1.52 bits per heavy atom. The van der Waals surface area contributed by atoms with E-state index in [0.717, 1.165) is 29.5 Å². The summed E-state index contributed by atoms with van der Waals surface area (Å²) in [7, 11) is -4.50. The van der Waals surface area contributed by atoms with Gasteiger partial charge in [-0.15, -0.1) is 0 Å². The maximum absolute atomic E-state index is 13.7. The fraction of sp³-hybridized carbons (Fsp3) is 0.222. The average molecular weight is 795 g/mol. The Bertz CT molecular complexity index is 2230. The van der Waals surface area contributed by atoms with Crippen molar-refractivity contribution in [3.8, 4) is 0 Å². The zero-order valence-electron chi connectivity index (χ0n) is 29.3. The molecule has 10 nitrogen and oxygen atoms in total. The molecule has 2 amide bonds. The summed E-state index contributed by atoms with van der Waals surface area (Å²) in [6, 6.07) is 16.4. The lowest BCUT2D eigenvalue weighted by Crippen LogP contribution is -2.25. The van der Waals surface area contributed by atoms with E-state index in [0.29, 0.717) is 28.5 Å². The molecule has 54 heavy (non-hydrogen) atoms. The number of benzene rings is 4. The number of hydrogen-bond acceptors (Lipinski definition) is 5. The highest BCUT2D eigenvalue weighted by Gasteiger charge is 2.40. The summed E-state index contributed by atoms with van der Waals surface area (Å²) < 4.78 is 108. The topological polar surface area (TPSA) is 197 Å². The molecule has 0 bridgehead atoms. The minimum atomic E-state index is -5.02. The number of guanidine groups is 2. The van der Waals surface area contributed by atoms with Crippen molar-refractivity contribution in [2.24, 2.45) is 32.9 Å². The van der Waals surface area contributed by atoms with Crippen LogP contribution in [0.2, 0.25) is 0 Å². The number of aryl methyl sites for hydroxylation is 4. The Morgan fingerprint density at radius 1 is 0.630 bits per heavy atom. The minimum absolute atomic E-state index is 0.0323. The number of rotatable bonds is 8. The maximum Gasteiger partial charge on any atom is 0.417 e. The molecule has 0 atom stereocenters. The van der Waals surface area contributed by atoms with Gasteiger partial charge in [-0.1, -0.05) is 62.0 Å². The van der Waals surface area contributed by atoms with Crippen LogP contribution in [-0.4, -0.2) is 32.2 Å². The Labute approximate surface area is 311 Å². The normalized spacial score (nSPS) is 11.6. The van der Waals surface area contributed by atoms with Crippen LogP contribution in [0.25, 0.3) is 0 Å². The lowest BCUT2D eigenvalue weighted by molar-refractivity contribution is -0.140. The molecule has 0 aromatic heterocycles. The summed E-state index contributed by atoms with van der Waals surface area (Å²) >= 11 is 1.02. The van der Waals surface area contributed by atoms with Crippen molar-refractivity contribution >= 4 is 45.3 Å². The van der Waals surface area contributed by atoms with Gasteiger partial charge in [0, 0.05) is 20.9 Å². The monoisotopic (exact) mass is 794 g/mol. The number of nitrogens with two attached hydrogens (primary N) is 4. The largest absolute Gasteiger partial charge is 0.417 e. The summed E-state index contributed by atoms with van der Waals surface area (Å²) in [4.78, 5) is 30.5. The van der Waals surface area contributed by atoms with E-state index in [9.17, 15) is 44.3 Å². The van der Waals surface area contributed by atoms with E-state index in [-0.39, 0.29) is 27.3 Å². The van der Waals surface area contributed by atoms with Gasteiger partial charge in [-0.2, -0.15) is 36.3 Å². The number of nitrogens with zero attached hydrogens (tertiary/aromatic N) is 2. The number of carbonyl (C=O) groups is 2. The smallest absolute Gasteiger partial charge is 0.370 e. The Hall–Kier alpha value is -5.36. The van der Waals surface area contributed by atoms with Crippen LogP contribution in [0.1, 0.15) is 67.9 Å². The zero-order valence-corrected chi connectivity index (χ0v) is 30.9. The van der Waals surface area contributed by atoms with Crippen molar-refractivity contribution < 1.29 is 44.3 Å². The molecule has 0 saturated carbocycles. The van der Waals surface area contributed by atoms with Gasteiger partial charge >= 0.3 is 12.4 Å². The van der Waals surface area contributed by atoms with E-state index < -0.39 is 67.5 Å². The van der Waals surface area contributed by atoms with Crippen molar-refractivity contribution in [3.05, 3.63) is 117 Å². The molecule has 0 radical (unpaired) electrons. The van der Waals surface area contributed by atoms with Crippen molar-refractivity contribution in [2.45, 2.75) is 72.5 Å². The van der Waals surface area contributed by atoms with E-state index >= 15 is 0 Å². The van der Waals surface area contributed by atoms with E-state index in [2.05, 4.69) is 9.98 Å². The first-order valence-corrected chi connectivity index (χ1v) is 18.1. The van der Waals surface area contributed by atoms with Crippen LogP contribution in [0.5, 0.6) is 0 Å². The predicted octanol–water partition coefficient (Wildman–Crippen LogP) is 6.96. The van der Waals surface area contributed by atoms with E-state index in [4.69, 9.17) is 22.9 Å². The second-order valence-electron chi connectivity index (χ2n) is 11.5. The fourth-order valence-electron chi connectivity index (χ4n) is 5.10. The first-order valence-electron chi connectivity index (χ1n) is 15.8. The number of aliphatic imine (C=N–C) groups is 2. The molecule has 0 aliphatic rings. The summed E-state index contributed by atoms with van der Waals surface area (Å²) in [5.41, 5.74) is 19.4. The number of sulfone groups is 1. The molecule has 0 heterocycles. The molecule has 0 unspecified atom stereocenters. The molecule has 8 N–H and O–H groups in total. The Balaban J connectivity index is 0.000000291. The van der Waals surface area contributed by atoms with Gasteiger partial charge in [-0.25, -0.2) is 8.42 Å². The van der Waals surface area contributed by atoms with Gasteiger partial charge in [-0.05, 0) is 85.3 Å². The van der Waals surface area contributed by atoms with Crippen molar-refractivity contribution in [1.29, 1.82) is 0 Å². The average Bonchev–Trinajstić information content (AvgIpc) is 3.07. The summed E-state index contributed by atoms with van der Waals surface area (Å²) in [5, 5.41) is 0. The first-order chi connectivity index (χ1) is 25.0. The SMILES string of the molecule is CCc1cc(S(=O)(=O)c2ccccc2C)c(C(F)(F)F)cc1C(=O)N=C(N)N.CCc1cc(Sc2ccccc2C)c(C(F)(F)F)cc1C(=O)N=C(N)N. The van der Waals surface area contributed by atoms with E-state index in [1.54, 1.807) is 32.0 Å². The molecule has 0 saturated heterocycles. The summed E-state index contributed by atoms with van der Waals surface area (Å²) in [5.74, 6) is -3.08. The lowest BCUT2D eigenvalue weighted by atomic mass is 10.0. The number of hydrogen-bond donors (Lipinski definition) is 4. The highest BCUT2D eigenvalue weighted by molar-refractivity contribution is 7.99. The molecule has 0 aliphatic heterocycles. The molecular formula is C36H36F6N6O4S2. The lowest BCUT2D eigenvalue weighted by Gasteiger charge is -2.17. The quantitative estimate of drug-likeness (QED) is 0.0828. The number of carbonyl (C=O) groups excluding carboxylic acids is 2. The molecule has 0 spiro atoms. The van der Waals surface area contributed by atoms with Crippen molar-refractivity contribution in [3.63, 3.8) is 0 Å². The standard InChI is InChI=1S/C18H18F3N3O3S.C18H18F3N3OS/c1-3-11-8-15(28(26,27)14-7-5-4-6-10(14)2)13(18(19,20)21)9-12(11)16(25)24-17(22)23;1-3-11-8-15(26-14-7-5-4-6-10(14)2)13(18(19,20)21)9-12(11)16(25)24-17(22)23/h4-9H,3H2,1-2H3,(H4,22,23,24,25);4-9H,3H2,1-2H3,(H4,22,23,24,25). The van der Waals surface area contributed by atoms with Gasteiger partial charge in [0.05, 0.1) is 20.9 Å². The van der Waals surface area contributed by atoms with Gasteiger partial charge in [0.2, 0.25) is 9.84 Å². The molecule has 4 aromatic carbocycles. The Kier molecular flexibility index (Phi) is 13.7. The third-order valence-corrected chi connectivity index (χ3v) is 10.9. The van der Waals surface area contributed by atoms with Gasteiger partial charge in [-0.3, -0.25) is 9.59 Å². The fourth-order valence-corrected chi connectivity index (χ4v) is 7.94. The van der Waals surface area contributed by atoms with Crippen LogP contribution in [0, 0.1) is 13.8 Å². The van der Waals surface area contributed by atoms with Crippen LogP contribution in [0.3, 0.4) is 0 Å². The highest BCUT2D eigenvalue weighted by atomic mass is 32.2. The van der Waals surface area contributed by atoms with E-state index in [1.807, 2.05) is 19.1 Å². The number of halogens is 6. The predicted molar refractivity (Wildman–Crippen MR) is 194 cm³/mol. The molecule has 0 aliphatic carbocycles. The Morgan fingerprint density at radius 2 is 1.07 bits per heavy atom. The third-order valence-electron chi connectivity index (χ3n) is 7.69. The summed E-state index contributed by atoms with van der Waals surface area (Å²) in [6.45, 7) is 6.63. The maximum atomic E-state index is 13.7. The van der Waals surface area contributed by atoms with Gasteiger partial charge in [0.15, 0.2) is 11.9 Å². The molecular weight excluding hydrogens is 759 g/mol. The van der Waals surface area contributed by atoms with Crippen LogP contribution in [-0.2, 0) is 35.0 Å².